The van der Waals surface area contributed by atoms with Gasteiger partial charge in [-0.05, 0) is 18.6 Å². The molecule has 0 bridgehead atoms. The normalized spacial score (nSPS) is 10.2. The van der Waals surface area contributed by atoms with Crippen LogP contribution in [0, 0.1) is 6.92 Å². The van der Waals surface area contributed by atoms with Crippen LogP contribution in [0.5, 0.6) is 0 Å². The fourth-order valence-corrected chi connectivity index (χ4v) is 2.96. The quantitative estimate of drug-likeness (QED) is 0.815. The summed E-state index contributed by atoms with van der Waals surface area (Å²) in [6.07, 6.45) is 0. The van der Waals surface area contributed by atoms with E-state index in [1.165, 1.54) is 18.4 Å². The highest BCUT2D eigenvalue weighted by atomic mass is 32.1. The van der Waals surface area contributed by atoms with Gasteiger partial charge in [0, 0.05) is 18.5 Å². The number of aryl methyl sites for hydroxylation is 1. The summed E-state index contributed by atoms with van der Waals surface area (Å²) in [5, 5.41) is 0. The predicted molar refractivity (Wildman–Crippen MR) is 82.6 cm³/mol. The maximum Gasteiger partial charge on any atom is 0.348 e. The van der Waals surface area contributed by atoms with Crippen molar-refractivity contribution in [2.24, 2.45) is 0 Å². The molecule has 0 saturated carbocycles. The number of hydrogen-bond acceptors (Lipinski definition) is 4. The van der Waals surface area contributed by atoms with Crippen LogP contribution in [-0.4, -0.2) is 30.9 Å². The van der Waals surface area contributed by atoms with E-state index in [2.05, 4.69) is 4.74 Å². The lowest BCUT2D eigenvalue weighted by molar-refractivity contribution is 0.0606. The largest absolute Gasteiger partial charge is 0.465 e. The van der Waals surface area contributed by atoms with Crippen LogP contribution in [0.25, 0.3) is 0 Å². The van der Waals surface area contributed by atoms with Gasteiger partial charge >= 0.3 is 5.97 Å². The smallest absolute Gasteiger partial charge is 0.348 e. The molecule has 0 radical (unpaired) electrons. The highest BCUT2D eigenvalue weighted by Crippen LogP contribution is 2.23. The molecule has 1 amide bonds. The van der Waals surface area contributed by atoms with Crippen molar-refractivity contribution in [1.82, 2.24) is 4.90 Å². The number of nitrogens with zero attached hydrogens (tertiary/aromatic N) is 1. The number of thiophene rings is 1. The first-order valence-corrected chi connectivity index (χ1v) is 7.32. The molecule has 1 heterocycles. The molecule has 0 fully saturated rings. The van der Waals surface area contributed by atoms with Crippen molar-refractivity contribution >= 4 is 23.2 Å². The van der Waals surface area contributed by atoms with Crippen LogP contribution in [0.15, 0.2) is 36.4 Å². The lowest BCUT2D eigenvalue weighted by Gasteiger charge is -2.17. The van der Waals surface area contributed by atoms with E-state index < -0.39 is 5.97 Å². The second-order valence-corrected chi connectivity index (χ2v) is 5.98. The first kappa shape index (κ1) is 15.3. The summed E-state index contributed by atoms with van der Waals surface area (Å²) in [7, 11) is 3.09. The SMILES string of the molecule is COC(=O)c1cc(C(=O)N(C)Cc2ccccc2)c(C)s1. The number of benzene rings is 1. The van der Waals surface area contributed by atoms with Crippen LogP contribution in [0.2, 0.25) is 0 Å². The van der Waals surface area contributed by atoms with Gasteiger partial charge in [0.1, 0.15) is 4.88 Å². The third-order valence-corrected chi connectivity index (χ3v) is 4.17. The van der Waals surface area contributed by atoms with Gasteiger partial charge in [-0.1, -0.05) is 30.3 Å². The van der Waals surface area contributed by atoms with E-state index in [0.29, 0.717) is 17.0 Å². The Balaban J connectivity index is 2.16. The van der Waals surface area contributed by atoms with Crippen molar-refractivity contribution in [1.29, 1.82) is 0 Å². The number of amides is 1. The number of hydrogen-bond donors (Lipinski definition) is 0. The Kier molecular flexibility index (Phi) is 4.75. The molecule has 2 rings (SSSR count). The Bertz CT molecular complexity index is 649. The fraction of sp³-hybridized carbons (Fsp3) is 0.250. The molecule has 1 aromatic carbocycles. The third-order valence-electron chi connectivity index (χ3n) is 3.14. The van der Waals surface area contributed by atoms with Gasteiger partial charge in [-0.2, -0.15) is 0 Å². The molecule has 0 aliphatic carbocycles. The molecule has 110 valence electrons. The molecule has 2 aromatic rings. The molecular weight excluding hydrogens is 286 g/mol. The average Bonchev–Trinajstić information content (AvgIpc) is 2.88. The van der Waals surface area contributed by atoms with Crippen molar-refractivity contribution in [3.8, 4) is 0 Å². The summed E-state index contributed by atoms with van der Waals surface area (Å²) in [6.45, 7) is 2.36. The minimum absolute atomic E-state index is 0.0947. The van der Waals surface area contributed by atoms with Crippen LogP contribution in [0.4, 0.5) is 0 Å². The Labute approximate surface area is 128 Å². The monoisotopic (exact) mass is 303 g/mol. The van der Waals surface area contributed by atoms with E-state index in [1.807, 2.05) is 37.3 Å². The molecule has 4 nitrogen and oxygen atoms in total. The molecule has 1 aromatic heterocycles. The molecule has 0 atom stereocenters. The number of ether oxygens (including phenoxy) is 1. The standard InChI is InChI=1S/C16H17NO3S/c1-11-13(9-14(21-11)16(19)20-3)15(18)17(2)10-12-7-5-4-6-8-12/h4-9H,10H2,1-3H3. The maximum atomic E-state index is 12.5. The maximum absolute atomic E-state index is 12.5. The minimum atomic E-state index is -0.409. The van der Waals surface area contributed by atoms with E-state index >= 15 is 0 Å². The number of carbonyl (C=O) groups is 2. The van der Waals surface area contributed by atoms with E-state index in [0.717, 1.165) is 10.4 Å². The molecule has 0 spiro atoms. The lowest BCUT2D eigenvalue weighted by atomic mass is 10.2. The highest BCUT2D eigenvalue weighted by Gasteiger charge is 2.20. The van der Waals surface area contributed by atoms with Crippen LogP contribution >= 0.6 is 11.3 Å². The van der Waals surface area contributed by atoms with Crippen molar-refractivity contribution in [2.45, 2.75) is 13.5 Å². The van der Waals surface area contributed by atoms with E-state index in [-0.39, 0.29) is 5.91 Å². The topological polar surface area (TPSA) is 46.6 Å². The van der Waals surface area contributed by atoms with Crippen molar-refractivity contribution in [3.63, 3.8) is 0 Å². The third kappa shape index (κ3) is 3.49. The predicted octanol–water partition coefficient (Wildman–Crippen LogP) is 3.12. The van der Waals surface area contributed by atoms with Crippen LogP contribution < -0.4 is 0 Å². The molecule has 0 N–H and O–H groups in total. The number of rotatable bonds is 4. The van der Waals surface area contributed by atoms with E-state index in [4.69, 9.17) is 0 Å². The summed E-state index contributed by atoms with van der Waals surface area (Å²) >= 11 is 1.28. The van der Waals surface area contributed by atoms with Gasteiger partial charge in [0.2, 0.25) is 0 Å². The van der Waals surface area contributed by atoms with Gasteiger partial charge in [0.15, 0.2) is 0 Å². The van der Waals surface area contributed by atoms with Gasteiger partial charge < -0.3 is 9.64 Å². The van der Waals surface area contributed by atoms with E-state index in [1.54, 1.807) is 18.0 Å². The van der Waals surface area contributed by atoms with Crippen molar-refractivity contribution < 1.29 is 14.3 Å². The van der Waals surface area contributed by atoms with Crippen molar-refractivity contribution in [2.75, 3.05) is 14.2 Å². The molecule has 0 aliphatic heterocycles. The molecule has 0 saturated heterocycles. The lowest BCUT2D eigenvalue weighted by Crippen LogP contribution is -2.26. The van der Waals surface area contributed by atoms with Gasteiger partial charge in [0.05, 0.1) is 12.7 Å². The zero-order chi connectivity index (χ0) is 15.4. The summed E-state index contributed by atoms with van der Waals surface area (Å²) in [5.41, 5.74) is 1.62. The zero-order valence-corrected chi connectivity index (χ0v) is 13.1. The first-order valence-electron chi connectivity index (χ1n) is 6.51. The van der Waals surface area contributed by atoms with E-state index in [9.17, 15) is 9.59 Å². The summed E-state index contributed by atoms with van der Waals surface area (Å²) < 4.78 is 4.69. The molecular formula is C16H17NO3S. The van der Waals surface area contributed by atoms with Crippen LogP contribution in [-0.2, 0) is 11.3 Å². The van der Waals surface area contributed by atoms with Gasteiger partial charge in [-0.3, -0.25) is 4.79 Å². The minimum Gasteiger partial charge on any atom is -0.465 e. The second kappa shape index (κ2) is 6.54. The number of esters is 1. The Morgan fingerprint density at radius 3 is 2.52 bits per heavy atom. The number of methoxy groups -OCH3 is 1. The van der Waals surface area contributed by atoms with Gasteiger partial charge in [-0.15, -0.1) is 11.3 Å². The number of carbonyl (C=O) groups excluding carboxylic acids is 2. The Morgan fingerprint density at radius 2 is 1.90 bits per heavy atom. The molecule has 0 unspecified atom stereocenters. The zero-order valence-electron chi connectivity index (χ0n) is 12.3. The fourth-order valence-electron chi connectivity index (χ4n) is 2.03. The van der Waals surface area contributed by atoms with Crippen LogP contribution in [0.3, 0.4) is 0 Å². The summed E-state index contributed by atoms with van der Waals surface area (Å²) in [4.78, 5) is 26.9. The second-order valence-electron chi connectivity index (χ2n) is 4.72. The summed E-state index contributed by atoms with van der Waals surface area (Å²) in [6, 6.07) is 11.4. The first-order chi connectivity index (χ1) is 10.0. The highest BCUT2D eigenvalue weighted by molar-refractivity contribution is 7.14. The van der Waals surface area contributed by atoms with Crippen LogP contribution in [0.1, 0.15) is 30.5 Å². The van der Waals surface area contributed by atoms with Crippen molar-refractivity contribution in [3.05, 3.63) is 57.3 Å². The van der Waals surface area contributed by atoms with Gasteiger partial charge in [0.25, 0.3) is 5.91 Å². The Morgan fingerprint density at radius 1 is 1.24 bits per heavy atom. The molecule has 0 aliphatic rings. The summed E-state index contributed by atoms with van der Waals surface area (Å²) in [5.74, 6) is -0.504. The molecule has 21 heavy (non-hydrogen) atoms. The molecule has 5 heteroatoms. The Hall–Kier alpha value is -2.14. The van der Waals surface area contributed by atoms with Gasteiger partial charge in [-0.25, -0.2) is 4.79 Å². The average molecular weight is 303 g/mol.